The van der Waals surface area contributed by atoms with Crippen molar-refractivity contribution in [3.63, 3.8) is 0 Å². The molecule has 28 heavy (non-hydrogen) atoms. The Morgan fingerprint density at radius 3 is 2.89 bits per heavy atom. The predicted octanol–water partition coefficient (Wildman–Crippen LogP) is 1.53. The summed E-state index contributed by atoms with van der Waals surface area (Å²) in [6, 6.07) is 7.59. The van der Waals surface area contributed by atoms with Crippen LogP contribution in [0.2, 0.25) is 0 Å². The number of imide groups is 1. The smallest absolute Gasteiger partial charge is 0.325 e. The molecule has 1 aromatic heterocycles. The number of hydrogen-bond acceptors (Lipinski definition) is 6. The first-order chi connectivity index (χ1) is 13.6. The molecule has 3 heterocycles. The number of fused-ring (bicyclic) bond motifs is 1. The van der Waals surface area contributed by atoms with E-state index in [1.54, 1.807) is 30.3 Å². The number of benzene rings is 1. The van der Waals surface area contributed by atoms with Gasteiger partial charge in [0.25, 0.3) is 5.91 Å². The maximum Gasteiger partial charge on any atom is 0.325 e. The molecule has 0 radical (unpaired) electrons. The standard InChI is InChI=1S/C19H19N3O6/c23-17(20-9-13-2-1-7-26-13)6-4-14-18(24)22(19(25)21-14)10-12-3-5-15-16(8-12)28-11-27-15/h1-3,5,7-8,14H,4,6,9-11H2,(H,20,23)(H,21,25)/t14-/m0/s1. The lowest BCUT2D eigenvalue weighted by atomic mass is 10.1. The van der Waals surface area contributed by atoms with Crippen LogP contribution in [-0.4, -0.2) is 35.6 Å². The molecular weight excluding hydrogens is 366 g/mol. The van der Waals surface area contributed by atoms with E-state index in [2.05, 4.69) is 10.6 Å². The van der Waals surface area contributed by atoms with Gasteiger partial charge in [-0.05, 0) is 36.2 Å². The Labute approximate surface area is 160 Å². The van der Waals surface area contributed by atoms with Gasteiger partial charge in [0.2, 0.25) is 12.7 Å². The van der Waals surface area contributed by atoms with Gasteiger partial charge in [-0.1, -0.05) is 6.07 Å². The van der Waals surface area contributed by atoms with Gasteiger partial charge in [0.05, 0.1) is 19.4 Å². The fraction of sp³-hybridized carbons (Fsp3) is 0.316. The molecule has 0 bridgehead atoms. The molecule has 146 valence electrons. The van der Waals surface area contributed by atoms with E-state index in [-0.39, 0.29) is 44.5 Å². The summed E-state index contributed by atoms with van der Waals surface area (Å²) >= 11 is 0. The van der Waals surface area contributed by atoms with Gasteiger partial charge in [-0.2, -0.15) is 0 Å². The van der Waals surface area contributed by atoms with Crippen molar-refractivity contribution in [2.45, 2.75) is 32.0 Å². The zero-order valence-electron chi connectivity index (χ0n) is 15.0. The molecular formula is C19H19N3O6. The zero-order valence-corrected chi connectivity index (χ0v) is 15.0. The van der Waals surface area contributed by atoms with Crippen LogP contribution in [0.5, 0.6) is 11.5 Å². The van der Waals surface area contributed by atoms with Crippen LogP contribution in [0.3, 0.4) is 0 Å². The Morgan fingerprint density at radius 1 is 1.21 bits per heavy atom. The molecule has 2 aliphatic heterocycles. The minimum absolute atomic E-state index is 0.120. The molecule has 1 aromatic carbocycles. The van der Waals surface area contributed by atoms with Gasteiger partial charge in [-0.15, -0.1) is 0 Å². The first kappa shape index (κ1) is 17.9. The number of ether oxygens (including phenoxy) is 2. The van der Waals surface area contributed by atoms with Crippen molar-refractivity contribution in [3.05, 3.63) is 47.9 Å². The maximum absolute atomic E-state index is 12.6. The van der Waals surface area contributed by atoms with Gasteiger partial charge < -0.3 is 24.5 Å². The van der Waals surface area contributed by atoms with Crippen LogP contribution in [0.1, 0.15) is 24.2 Å². The highest BCUT2D eigenvalue weighted by atomic mass is 16.7. The van der Waals surface area contributed by atoms with Gasteiger partial charge in [-0.25, -0.2) is 4.79 Å². The molecule has 2 aliphatic rings. The van der Waals surface area contributed by atoms with E-state index < -0.39 is 12.1 Å². The number of hydrogen-bond donors (Lipinski definition) is 2. The van der Waals surface area contributed by atoms with Crippen molar-refractivity contribution >= 4 is 17.8 Å². The third-order valence-corrected chi connectivity index (χ3v) is 4.58. The summed E-state index contributed by atoms with van der Waals surface area (Å²) in [5, 5.41) is 5.35. The third-order valence-electron chi connectivity index (χ3n) is 4.58. The lowest BCUT2D eigenvalue weighted by Crippen LogP contribution is -2.32. The molecule has 9 nitrogen and oxygen atoms in total. The van der Waals surface area contributed by atoms with E-state index in [4.69, 9.17) is 13.9 Å². The second-order valence-corrected chi connectivity index (χ2v) is 6.51. The monoisotopic (exact) mass is 385 g/mol. The Morgan fingerprint density at radius 2 is 2.07 bits per heavy atom. The average molecular weight is 385 g/mol. The first-order valence-electron chi connectivity index (χ1n) is 8.89. The summed E-state index contributed by atoms with van der Waals surface area (Å²) < 4.78 is 15.7. The number of amides is 4. The molecule has 2 N–H and O–H groups in total. The number of nitrogens with zero attached hydrogens (tertiary/aromatic N) is 1. The molecule has 1 saturated heterocycles. The minimum Gasteiger partial charge on any atom is -0.467 e. The van der Waals surface area contributed by atoms with Gasteiger partial charge in [0.15, 0.2) is 11.5 Å². The largest absolute Gasteiger partial charge is 0.467 e. The highest BCUT2D eigenvalue weighted by molar-refractivity contribution is 6.04. The van der Waals surface area contributed by atoms with Crippen LogP contribution in [-0.2, 0) is 22.7 Å². The van der Waals surface area contributed by atoms with Crippen molar-refractivity contribution in [1.29, 1.82) is 0 Å². The van der Waals surface area contributed by atoms with Crippen LogP contribution in [0, 0.1) is 0 Å². The van der Waals surface area contributed by atoms with Crippen LogP contribution in [0.25, 0.3) is 0 Å². The van der Waals surface area contributed by atoms with Crippen molar-refractivity contribution in [1.82, 2.24) is 15.5 Å². The first-order valence-corrected chi connectivity index (χ1v) is 8.89. The number of rotatable bonds is 7. The summed E-state index contributed by atoms with van der Waals surface area (Å²) in [4.78, 5) is 37.8. The fourth-order valence-electron chi connectivity index (χ4n) is 3.11. The van der Waals surface area contributed by atoms with Crippen molar-refractivity contribution in [2.24, 2.45) is 0 Å². The lowest BCUT2D eigenvalue weighted by molar-refractivity contribution is -0.128. The minimum atomic E-state index is -0.712. The number of furan rings is 1. The number of nitrogens with one attached hydrogen (secondary N) is 2. The summed E-state index contributed by atoms with van der Waals surface area (Å²) in [5.41, 5.74) is 0.754. The van der Waals surface area contributed by atoms with Crippen LogP contribution >= 0.6 is 0 Å². The Hall–Kier alpha value is -3.49. The summed E-state index contributed by atoms with van der Waals surface area (Å²) in [7, 11) is 0. The third kappa shape index (κ3) is 3.78. The fourth-order valence-corrected chi connectivity index (χ4v) is 3.11. The topological polar surface area (TPSA) is 110 Å². The highest BCUT2D eigenvalue weighted by Gasteiger charge is 2.38. The second-order valence-electron chi connectivity index (χ2n) is 6.51. The highest BCUT2D eigenvalue weighted by Crippen LogP contribution is 2.33. The van der Waals surface area contributed by atoms with Gasteiger partial charge >= 0.3 is 6.03 Å². The molecule has 0 spiro atoms. The SMILES string of the molecule is O=C(CC[C@@H]1NC(=O)N(Cc2ccc3c(c2)OCO3)C1=O)NCc1ccco1. The quantitative estimate of drug-likeness (QED) is 0.700. The van der Waals surface area contributed by atoms with E-state index in [1.165, 1.54) is 6.26 Å². The average Bonchev–Trinajstić information content (AvgIpc) is 3.42. The Balaban J connectivity index is 1.29. The Bertz CT molecular complexity index is 895. The number of urea groups is 1. The van der Waals surface area contributed by atoms with Crippen LogP contribution in [0.15, 0.2) is 41.0 Å². The molecule has 1 fully saturated rings. The van der Waals surface area contributed by atoms with Crippen molar-refractivity contribution < 1.29 is 28.3 Å². The summed E-state index contributed by atoms with van der Waals surface area (Å²) in [6.45, 7) is 0.571. The van der Waals surface area contributed by atoms with E-state index in [0.29, 0.717) is 17.3 Å². The van der Waals surface area contributed by atoms with Crippen molar-refractivity contribution in [3.8, 4) is 11.5 Å². The molecule has 4 amide bonds. The van der Waals surface area contributed by atoms with Crippen molar-refractivity contribution in [2.75, 3.05) is 6.79 Å². The molecule has 2 aromatic rings. The molecule has 0 saturated carbocycles. The normalized spacial score (nSPS) is 17.7. The van der Waals surface area contributed by atoms with Gasteiger partial charge in [0.1, 0.15) is 11.8 Å². The van der Waals surface area contributed by atoms with E-state index in [0.717, 1.165) is 10.5 Å². The lowest BCUT2D eigenvalue weighted by Gasteiger charge is -2.13. The second kappa shape index (κ2) is 7.63. The summed E-state index contributed by atoms with van der Waals surface area (Å²) in [6.07, 6.45) is 1.88. The molecule has 4 rings (SSSR count). The predicted molar refractivity (Wildman–Crippen MR) is 95.2 cm³/mol. The molecule has 9 heteroatoms. The van der Waals surface area contributed by atoms with E-state index in [9.17, 15) is 14.4 Å². The van der Waals surface area contributed by atoms with Gasteiger partial charge in [0, 0.05) is 6.42 Å². The van der Waals surface area contributed by atoms with E-state index in [1.807, 2.05) is 0 Å². The molecule has 0 unspecified atom stereocenters. The molecule has 0 aliphatic carbocycles. The number of carbonyl (C=O) groups excluding carboxylic acids is 3. The van der Waals surface area contributed by atoms with Crippen LogP contribution in [0.4, 0.5) is 4.79 Å². The maximum atomic E-state index is 12.6. The summed E-state index contributed by atoms with van der Waals surface area (Å²) in [5.74, 6) is 1.32. The van der Waals surface area contributed by atoms with Gasteiger partial charge in [-0.3, -0.25) is 14.5 Å². The number of carbonyl (C=O) groups is 3. The molecule has 1 atom stereocenters. The zero-order chi connectivity index (χ0) is 19.5. The Kier molecular flexibility index (Phi) is 4.88. The van der Waals surface area contributed by atoms with Crippen LogP contribution < -0.4 is 20.1 Å². The van der Waals surface area contributed by atoms with E-state index >= 15 is 0 Å².